The number of carbonyl (C=O) groups is 3. The average Bonchev–Trinajstić information content (AvgIpc) is 3.25. The van der Waals surface area contributed by atoms with Crippen molar-refractivity contribution >= 4 is 28.8 Å². The highest BCUT2D eigenvalue weighted by molar-refractivity contribution is 7.97. The molecule has 0 saturated carbocycles. The third kappa shape index (κ3) is 12.7. The maximum Gasteiger partial charge on any atom is 0.345 e. The Hall–Kier alpha value is -6.73. The second-order valence-corrected chi connectivity index (χ2v) is 18.1. The van der Waals surface area contributed by atoms with Crippen LogP contribution < -0.4 is 14.2 Å². The van der Waals surface area contributed by atoms with Gasteiger partial charge in [-0.25, -0.2) is 27.6 Å². The molecule has 6 aromatic rings. The van der Waals surface area contributed by atoms with E-state index in [0.29, 0.717) is 33.9 Å². The Morgan fingerprint density at radius 3 is 0.891 bits per heavy atom. The first kappa shape index (κ1) is 46.8. The predicted octanol–water partition coefficient (Wildman–Crippen LogP) is 10.8. The van der Waals surface area contributed by atoms with Gasteiger partial charge in [0.15, 0.2) is 34.5 Å². The minimum Gasteiger partial charge on any atom is -0.482 e. The maximum absolute atomic E-state index is 13.8. The van der Waals surface area contributed by atoms with E-state index in [4.69, 9.17) is 28.4 Å². The molecule has 64 heavy (non-hydrogen) atoms. The zero-order valence-electron chi connectivity index (χ0n) is 36.2. The SMILES string of the molecule is CC(C)(OC(=O)COc1ccc([S+](c2ccc(OCC(=O)OC(C)(C)c3cccc(F)c3)cc2)c2ccc(OCC(=O)OC(C)(C)c3cccc(F)c3)cc2)cc1)c1cccc(F)c1. The molecule has 6 aromatic carbocycles. The summed E-state index contributed by atoms with van der Waals surface area (Å²) in [4.78, 5) is 41.0. The van der Waals surface area contributed by atoms with E-state index < -0.39 is 63.1 Å². The number of benzene rings is 6. The number of hydrogen-bond donors (Lipinski definition) is 0. The zero-order chi connectivity index (χ0) is 46.1. The second-order valence-electron chi connectivity index (χ2n) is 16.1. The summed E-state index contributed by atoms with van der Waals surface area (Å²) in [5, 5.41) is 0. The highest BCUT2D eigenvalue weighted by atomic mass is 32.2. The molecule has 13 heteroatoms. The molecule has 0 fully saturated rings. The van der Waals surface area contributed by atoms with E-state index in [0.717, 1.165) is 14.7 Å². The van der Waals surface area contributed by atoms with Crippen LogP contribution in [0.25, 0.3) is 0 Å². The molecule has 0 N–H and O–H groups in total. The summed E-state index contributed by atoms with van der Waals surface area (Å²) in [5.74, 6) is -1.95. The van der Waals surface area contributed by atoms with Crippen LogP contribution in [0.15, 0.2) is 160 Å². The molecule has 0 amide bonds. The highest BCUT2D eigenvalue weighted by Gasteiger charge is 2.31. The Balaban J connectivity index is 1.14. The smallest absolute Gasteiger partial charge is 0.345 e. The van der Waals surface area contributed by atoms with Gasteiger partial charge in [-0.1, -0.05) is 36.4 Å². The summed E-state index contributed by atoms with van der Waals surface area (Å²) in [6.45, 7) is 8.90. The van der Waals surface area contributed by atoms with Crippen LogP contribution in [0.3, 0.4) is 0 Å². The Labute approximate surface area is 373 Å². The first-order valence-electron chi connectivity index (χ1n) is 20.2. The molecule has 0 aliphatic carbocycles. The van der Waals surface area contributed by atoms with Crippen LogP contribution in [-0.2, 0) is 56.3 Å². The molecule has 0 saturated heterocycles. The van der Waals surface area contributed by atoms with Crippen molar-refractivity contribution in [3.8, 4) is 17.2 Å². The molecule has 0 aliphatic rings. The van der Waals surface area contributed by atoms with Crippen molar-refractivity contribution in [2.24, 2.45) is 0 Å². The van der Waals surface area contributed by atoms with Crippen LogP contribution in [0, 0.1) is 17.5 Å². The van der Waals surface area contributed by atoms with Crippen molar-refractivity contribution in [2.45, 2.75) is 73.0 Å². The van der Waals surface area contributed by atoms with Crippen molar-refractivity contribution in [1.29, 1.82) is 0 Å². The number of halogens is 3. The summed E-state index contributed by atoms with van der Waals surface area (Å²) in [5.41, 5.74) is -1.75. The summed E-state index contributed by atoms with van der Waals surface area (Å²) >= 11 is 0. The molecule has 0 bridgehead atoms. The van der Waals surface area contributed by atoms with Crippen molar-refractivity contribution in [3.63, 3.8) is 0 Å². The summed E-state index contributed by atoms with van der Waals surface area (Å²) in [7, 11) is -0.721. The van der Waals surface area contributed by atoms with Crippen LogP contribution in [0.5, 0.6) is 17.2 Å². The normalized spacial score (nSPS) is 11.7. The minimum absolute atomic E-state index is 0.377. The van der Waals surface area contributed by atoms with Gasteiger partial charge in [-0.05, 0) is 167 Å². The second kappa shape index (κ2) is 20.2. The van der Waals surface area contributed by atoms with Crippen LogP contribution >= 0.6 is 0 Å². The molecule has 332 valence electrons. The fraction of sp³-hybridized carbons (Fsp3) is 0.235. The fourth-order valence-electron chi connectivity index (χ4n) is 6.56. The number of hydrogen-bond acceptors (Lipinski definition) is 9. The van der Waals surface area contributed by atoms with Crippen LogP contribution in [0.4, 0.5) is 13.2 Å². The topological polar surface area (TPSA) is 107 Å². The Morgan fingerprint density at radius 1 is 0.406 bits per heavy atom. The minimum atomic E-state index is -1.09. The van der Waals surface area contributed by atoms with Gasteiger partial charge in [-0.2, -0.15) is 0 Å². The van der Waals surface area contributed by atoms with Gasteiger partial charge < -0.3 is 28.4 Å². The number of carbonyl (C=O) groups excluding carboxylic acids is 3. The number of rotatable bonds is 18. The first-order valence-corrected chi connectivity index (χ1v) is 21.5. The average molecular weight is 894 g/mol. The molecular weight excluding hydrogens is 846 g/mol. The van der Waals surface area contributed by atoms with Gasteiger partial charge in [0.1, 0.15) is 51.5 Å². The molecular formula is C51H48F3O9S+. The molecule has 0 radical (unpaired) electrons. The lowest BCUT2D eigenvalue weighted by Crippen LogP contribution is -2.28. The molecule has 0 aliphatic heterocycles. The molecule has 0 atom stereocenters. The largest absolute Gasteiger partial charge is 0.482 e. The third-order valence-electron chi connectivity index (χ3n) is 9.91. The van der Waals surface area contributed by atoms with Crippen molar-refractivity contribution in [1.82, 2.24) is 0 Å². The highest BCUT2D eigenvalue weighted by Crippen LogP contribution is 2.35. The summed E-state index contributed by atoms with van der Waals surface area (Å²) in [6.07, 6.45) is 0. The molecule has 0 unspecified atom stereocenters. The van der Waals surface area contributed by atoms with E-state index in [2.05, 4.69) is 0 Å². The van der Waals surface area contributed by atoms with Crippen molar-refractivity contribution in [3.05, 3.63) is 180 Å². The lowest BCUT2D eigenvalue weighted by molar-refractivity contribution is -0.160. The molecule has 0 spiro atoms. The van der Waals surface area contributed by atoms with Gasteiger partial charge in [-0.15, -0.1) is 0 Å². The Bertz CT molecular complexity index is 2280. The fourth-order valence-corrected chi connectivity index (χ4v) is 8.60. The maximum atomic E-state index is 13.8. The van der Waals surface area contributed by atoms with E-state index in [1.54, 1.807) is 114 Å². The predicted molar refractivity (Wildman–Crippen MR) is 235 cm³/mol. The quantitative estimate of drug-likeness (QED) is 0.0474. The van der Waals surface area contributed by atoms with E-state index in [9.17, 15) is 27.6 Å². The molecule has 0 heterocycles. The van der Waals surface area contributed by atoms with Gasteiger partial charge in [0, 0.05) is 0 Å². The van der Waals surface area contributed by atoms with Crippen LogP contribution in [-0.4, -0.2) is 37.7 Å². The van der Waals surface area contributed by atoms with Gasteiger partial charge in [0.2, 0.25) is 0 Å². The lowest BCUT2D eigenvalue weighted by Gasteiger charge is -2.25. The van der Waals surface area contributed by atoms with E-state index in [-0.39, 0.29) is 19.8 Å². The van der Waals surface area contributed by atoms with Gasteiger partial charge in [0.05, 0.1) is 10.9 Å². The molecule has 0 aromatic heterocycles. The van der Waals surface area contributed by atoms with E-state index >= 15 is 0 Å². The van der Waals surface area contributed by atoms with Gasteiger partial charge in [0.25, 0.3) is 0 Å². The van der Waals surface area contributed by atoms with Gasteiger partial charge >= 0.3 is 17.9 Å². The Morgan fingerprint density at radius 2 is 0.656 bits per heavy atom. The summed E-state index contributed by atoms with van der Waals surface area (Å²) in [6, 6.07) is 39.3. The van der Waals surface area contributed by atoms with E-state index in [1.165, 1.54) is 36.4 Å². The number of ether oxygens (including phenoxy) is 6. The third-order valence-corrected chi connectivity index (χ3v) is 12.1. The van der Waals surface area contributed by atoms with Gasteiger partial charge in [-0.3, -0.25) is 0 Å². The summed E-state index contributed by atoms with van der Waals surface area (Å²) < 4.78 is 75.7. The van der Waals surface area contributed by atoms with E-state index in [1.807, 2.05) is 36.4 Å². The standard InChI is InChI=1S/C51H48F3O9S/c1-49(2,34-10-7-13-37(52)28-34)61-46(55)31-58-40-16-22-43(23-17-40)64(44-24-18-41(19-25-44)59-32-47(56)62-50(3,4)35-11-8-14-38(53)29-35)45-26-20-42(21-27-45)60-33-48(57)63-51(5,6)36-12-9-15-39(54)30-36/h7-30H,31-33H2,1-6H3/q+1. The lowest BCUT2D eigenvalue weighted by atomic mass is 9.98. The molecule has 9 nitrogen and oxygen atoms in total. The van der Waals surface area contributed by atoms with Crippen molar-refractivity contribution in [2.75, 3.05) is 19.8 Å². The monoisotopic (exact) mass is 893 g/mol. The van der Waals surface area contributed by atoms with Crippen molar-refractivity contribution < 1.29 is 56.0 Å². The number of esters is 3. The Kier molecular flexibility index (Phi) is 14.8. The first-order chi connectivity index (χ1) is 30.4. The zero-order valence-corrected chi connectivity index (χ0v) is 37.0. The van der Waals surface area contributed by atoms with Crippen LogP contribution in [0.1, 0.15) is 58.2 Å². The van der Waals surface area contributed by atoms with Crippen LogP contribution in [0.2, 0.25) is 0 Å². The molecule has 6 rings (SSSR count).